The maximum Gasteiger partial charge on any atom is 0.246 e. The van der Waals surface area contributed by atoms with Crippen molar-refractivity contribution in [1.29, 1.82) is 0 Å². The van der Waals surface area contributed by atoms with Crippen molar-refractivity contribution < 1.29 is 4.79 Å². The van der Waals surface area contributed by atoms with Gasteiger partial charge in [-0.3, -0.25) is 9.69 Å². The van der Waals surface area contributed by atoms with Gasteiger partial charge in [-0.15, -0.1) is 0 Å². The molecule has 150 valence electrons. The predicted octanol–water partition coefficient (Wildman–Crippen LogP) is 3.11. The van der Waals surface area contributed by atoms with Crippen LogP contribution in [0.5, 0.6) is 0 Å². The van der Waals surface area contributed by atoms with Crippen LogP contribution in [0.4, 0.5) is 5.69 Å². The molecule has 1 saturated heterocycles. The van der Waals surface area contributed by atoms with Crippen LogP contribution in [-0.4, -0.2) is 58.7 Å². The van der Waals surface area contributed by atoms with Gasteiger partial charge in [-0.2, -0.15) is 5.10 Å². The number of hydrogen-bond donors (Lipinski definition) is 1. The maximum absolute atomic E-state index is 13.4. The highest BCUT2D eigenvalue weighted by Crippen LogP contribution is 2.25. The van der Waals surface area contributed by atoms with E-state index in [0.717, 1.165) is 48.8 Å². The van der Waals surface area contributed by atoms with Gasteiger partial charge in [0.1, 0.15) is 6.04 Å². The normalized spacial score (nSPS) is 16.5. The van der Waals surface area contributed by atoms with Crippen LogP contribution in [0.25, 0.3) is 5.69 Å². The van der Waals surface area contributed by atoms with Gasteiger partial charge in [0.25, 0.3) is 0 Å². The van der Waals surface area contributed by atoms with Crippen molar-refractivity contribution in [1.82, 2.24) is 19.6 Å². The average Bonchev–Trinajstić information content (AvgIpc) is 3.11. The van der Waals surface area contributed by atoms with Gasteiger partial charge in [-0.1, -0.05) is 48.5 Å². The molecule has 0 saturated carbocycles. The van der Waals surface area contributed by atoms with E-state index >= 15 is 0 Å². The predicted molar refractivity (Wildman–Crippen MR) is 115 cm³/mol. The maximum atomic E-state index is 13.4. The number of likely N-dealkylation sites (N-methyl/N-ethyl adjacent to an activating group) is 1. The van der Waals surface area contributed by atoms with Crippen molar-refractivity contribution in [2.75, 3.05) is 38.5 Å². The number of nitrogens with zero attached hydrogens (tertiary/aromatic N) is 4. The highest BCUT2D eigenvalue weighted by atomic mass is 16.2. The van der Waals surface area contributed by atoms with Gasteiger partial charge in [-0.05, 0) is 31.7 Å². The summed E-state index contributed by atoms with van der Waals surface area (Å²) >= 11 is 0. The summed E-state index contributed by atoms with van der Waals surface area (Å²) in [5, 5.41) is 7.61. The van der Waals surface area contributed by atoms with Gasteiger partial charge in [0.2, 0.25) is 5.91 Å². The number of piperazine rings is 1. The highest BCUT2D eigenvalue weighted by Gasteiger charge is 2.30. The minimum absolute atomic E-state index is 0.0172. The Bertz CT molecular complexity index is 946. The van der Waals surface area contributed by atoms with Crippen LogP contribution in [0.1, 0.15) is 17.3 Å². The lowest BCUT2D eigenvalue weighted by Crippen LogP contribution is -2.48. The number of anilines is 1. The van der Waals surface area contributed by atoms with Crippen LogP contribution in [-0.2, 0) is 4.79 Å². The molecule has 1 aromatic heterocycles. The lowest BCUT2D eigenvalue weighted by atomic mass is 10.0. The van der Waals surface area contributed by atoms with Crippen LogP contribution in [0.15, 0.2) is 66.9 Å². The van der Waals surface area contributed by atoms with Crippen LogP contribution < -0.4 is 5.32 Å². The summed E-state index contributed by atoms with van der Waals surface area (Å²) < 4.78 is 1.85. The largest absolute Gasteiger partial charge is 0.322 e. The van der Waals surface area contributed by atoms with Crippen molar-refractivity contribution in [3.05, 3.63) is 78.1 Å². The molecule has 0 spiro atoms. The number of hydrogen-bond acceptors (Lipinski definition) is 4. The number of aromatic nitrogens is 2. The standard InChI is InChI=1S/C23H27N5O/c1-18-21(17-24-28(18)20-11-7-4-8-12-20)25-23(29)22(19-9-5-3-6-10-19)27-15-13-26(2)14-16-27/h3-12,17,22H,13-16H2,1-2H3,(H,25,29). The molecule has 0 radical (unpaired) electrons. The molecule has 1 aliphatic rings. The van der Waals surface area contributed by atoms with E-state index in [0.29, 0.717) is 0 Å². The molecule has 0 aliphatic carbocycles. The summed E-state index contributed by atoms with van der Waals surface area (Å²) in [4.78, 5) is 18.0. The van der Waals surface area contributed by atoms with E-state index in [1.54, 1.807) is 6.20 Å². The lowest BCUT2D eigenvalue weighted by Gasteiger charge is -2.37. The van der Waals surface area contributed by atoms with Crippen molar-refractivity contribution in [2.24, 2.45) is 0 Å². The van der Waals surface area contributed by atoms with Crippen molar-refractivity contribution in [3.8, 4) is 5.69 Å². The first kappa shape index (κ1) is 19.4. The second-order valence-corrected chi connectivity index (χ2v) is 7.53. The van der Waals surface area contributed by atoms with Crippen molar-refractivity contribution in [2.45, 2.75) is 13.0 Å². The third-order valence-electron chi connectivity index (χ3n) is 5.54. The van der Waals surface area contributed by atoms with Crippen LogP contribution in [0.3, 0.4) is 0 Å². The molecule has 3 aromatic rings. The summed E-state index contributed by atoms with van der Waals surface area (Å²) in [7, 11) is 2.12. The van der Waals surface area contributed by atoms with Crippen LogP contribution >= 0.6 is 0 Å². The number of nitrogens with one attached hydrogen (secondary N) is 1. The molecule has 2 aromatic carbocycles. The molecule has 1 N–H and O–H groups in total. The van der Waals surface area contributed by atoms with E-state index in [1.807, 2.05) is 72.3 Å². The topological polar surface area (TPSA) is 53.4 Å². The van der Waals surface area contributed by atoms with E-state index in [9.17, 15) is 4.79 Å². The third-order valence-corrected chi connectivity index (χ3v) is 5.54. The molecule has 1 amide bonds. The van der Waals surface area contributed by atoms with Gasteiger partial charge in [0.05, 0.1) is 23.3 Å². The molecular formula is C23H27N5O. The van der Waals surface area contributed by atoms with Gasteiger partial charge >= 0.3 is 0 Å². The van der Waals surface area contributed by atoms with E-state index in [2.05, 4.69) is 27.3 Å². The highest BCUT2D eigenvalue weighted by molar-refractivity contribution is 5.96. The first-order valence-corrected chi connectivity index (χ1v) is 10.0. The molecular weight excluding hydrogens is 362 g/mol. The SMILES string of the molecule is Cc1c(NC(=O)C(c2ccccc2)N2CCN(C)CC2)cnn1-c1ccccc1. The number of carbonyl (C=O) groups excluding carboxylic acids is 1. The van der Waals surface area contributed by atoms with Gasteiger partial charge in [0.15, 0.2) is 0 Å². The van der Waals surface area contributed by atoms with Crippen molar-refractivity contribution in [3.63, 3.8) is 0 Å². The minimum atomic E-state index is -0.315. The summed E-state index contributed by atoms with van der Waals surface area (Å²) in [5.74, 6) is -0.0172. The van der Waals surface area contributed by atoms with E-state index in [1.165, 1.54) is 0 Å². The molecule has 6 nitrogen and oxygen atoms in total. The third kappa shape index (κ3) is 4.23. The summed E-state index contributed by atoms with van der Waals surface area (Å²) in [6.07, 6.45) is 1.73. The summed E-state index contributed by atoms with van der Waals surface area (Å²) in [6, 6.07) is 19.7. The number of benzene rings is 2. The molecule has 6 heteroatoms. The fourth-order valence-electron chi connectivity index (χ4n) is 3.81. The molecule has 1 unspecified atom stereocenters. The van der Waals surface area contributed by atoms with Gasteiger partial charge < -0.3 is 10.2 Å². The van der Waals surface area contributed by atoms with Gasteiger partial charge in [-0.25, -0.2) is 4.68 Å². The monoisotopic (exact) mass is 389 g/mol. The second kappa shape index (κ2) is 8.59. The minimum Gasteiger partial charge on any atom is -0.322 e. The number of amides is 1. The Hall–Kier alpha value is -2.96. The Kier molecular flexibility index (Phi) is 5.74. The quantitative estimate of drug-likeness (QED) is 0.729. The average molecular weight is 390 g/mol. The number of carbonyl (C=O) groups is 1. The van der Waals surface area contributed by atoms with Crippen LogP contribution in [0, 0.1) is 6.92 Å². The van der Waals surface area contributed by atoms with Crippen LogP contribution in [0.2, 0.25) is 0 Å². The van der Waals surface area contributed by atoms with E-state index in [4.69, 9.17) is 0 Å². The number of rotatable bonds is 5. The molecule has 1 aliphatic heterocycles. The second-order valence-electron chi connectivity index (χ2n) is 7.53. The van der Waals surface area contributed by atoms with Crippen molar-refractivity contribution >= 4 is 11.6 Å². The molecule has 2 heterocycles. The fraction of sp³-hybridized carbons (Fsp3) is 0.304. The van der Waals surface area contributed by atoms with Gasteiger partial charge in [0, 0.05) is 26.2 Å². The zero-order chi connectivity index (χ0) is 20.2. The zero-order valence-electron chi connectivity index (χ0n) is 17.0. The Balaban J connectivity index is 1.58. The Morgan fingerprint density at radius 3 is 2.24 bits per heavy atom. The Labute approximate surface area is 171 Å². The smallest absolute Gasteiger partial charge is 0.246 e. The Morgan fingerprint density at radius 1 is 0.966 bits per heavy atom. The fourth-order valence-corrected chi connectivity index (χ4v) is 3.81. The summed E-state index contributed by atoms with van der Waals surface area (Å²) in [5.41, 5.74) is 3.65. The molecule has 29 heavy (non-hydrogen) atoms. The van der Waals surface area contributed by atoms with E-state index in [-0.39, 0.29) is 11.9 Å². The molecule has 1 fully saturated rings. The first-order valence-electron chi connectivity index (χ1n) is 10.0. The lowest BCUT2D eigenvalue weighted by molar-refractivity contribution is -0.122. The molecule has 4 rings (SSSR count). The zero-order valence-corrected chi connectivity index (χ0v) is 17.0. The number of para-hydroxylation sites is 1. The Morgan fingerprint density at radius 2 is 1.59 bits per heavy atom. The van der Waals surface area contributed by atoms with E-state index < -0.39 is 0 Å². The molecule has 1 atom stereocenters. The first-order chi connectivity index (χ1) is 14.1. The summed E-state index contributed by atoms with van der Waals surface area (Å²) in [6.45, 7) is 5.63. The molecule has 0 bridgehead atoms.